The van der Waals surface area contributed by atoms with Crippen molar-refractivity contribution in [2.75, 3.05) is 0 Å². The van der Waals surface area contributed by atoms with Crippen LogP contribution in [0.2, 0.25) is 0 Å². The first-order chi connectivity index (χ1) is 5.79. The molecule has 1 N–H and O–H groups in total. The van der Waals surface area contributed by atoms with Gasteiger partial charge in [-0.15, -0.1) is 0 Å². The van der Waals surface area contributed by atoms with E-state index in [2.05, 4.69) is 30.5 Å². The molecule has 1 heterocycles. The third kappa shape index (κ3) is 1.04. The van der Waals surface area contributed by atoms with E-state index in [1.165, 1.54) is 11.3 Å². The second-order valence-electron chi connectivity index (χ2n) is 3.21. The first kappa shape index (κ1) is 7.17. The molecule has 0 aromatic rings. The summed E-state index contributed by atoms with van der Waals surface area (Å²) in [7, 11) is 0. The van der Waals surface area contributed by atoms with Gasteiger partial charge in [0.05, 0.1) is 0 Å². The summed E-state index contributed by atoms with van der Waals surface area (Å²) in [5, 5.41) is 11.7. The molecule has 0 aromatic carbocycles. The van der Waals surface area contributed by atoms with Gasteiger partial charge in [-0.25, -0.2) is 0 Å². The van der Waals surface area contributed by atoms with E-state index >= 15 is 0 Å². The molecule has 1 atom stereocenters. The van der Waals surface area contributed by atoms with Crippen LogP contribution in [0.25, 0.3) is 0 Å². The van der Waals surface area contributed by atoms with Crippen LogP contribution in [0.3, 0.4) is 0 Å². The fourth-order valence-corrected chi connectivity index (χ4v) is 1.60. The zero-order valence-electron chi connectivity index (χ0n) is 6.96. The Morgan fingerprint density at radius 2 is 2.50 bits per heavy atom. The Kier molecular flexibility index (Phi) is 1.51. The van der Waals surface area contributed by atoms with E-state index in [0.717, 1.165) is 6.42 Å². The number of hydrogen-bond donors (Lipinski definition) is 1. The molecule has 0 saturated carbocycles. The molecule has 0 fully saturated rings. The van der Waals surface area contributed by atoms with E-state index in [4.69, 9.17) is 5.26 Å². The second-order valence-corrected chi connectivity index (χ2v) is 3.21. The number of nitriles is 1. The Morgan fingerprint density at radius 1 is 1.67 bits per heavy atom. The third-order valence-corrected chi connectivity index (χ3v) is 2.24. The van der Waals surface area contributed by atoms with Crippen molar-refractivity contribution < 1.29 is 0 Å². The summed E-state index contributed by atoms with van der Waals surface area (Å²) in [6.45, 7) is 2.08. The highest BCUT2D eigenvalue weighted by molar-refractivity contribution is 5.40. The maximum Gasteiger partial charge on any atom is 0.117 e. The summed E-state index contributed by atoms with van der Waals surface area (Å²) < 4.78 is 0. The van der Waals surface area contributed by atoms with Gasteiger partial charge in [0.2, 0.25) is 0 Å². The smallest absolute Gasteiger partial charge is 0.117 e. The molecule has 0 spiro atoms. The molecular weight excluding hydrogens is 148 g/mol. The van der Waals surface area contributed by atoms with Crippen molar-refractivity contribution in [3.05, 3.63) is 35.2 Å². The van der Waals surface area contributed by atoms with Crippen molar-refractivity contribution >= 4 is 0 Å². The molecule has 2 aliphatic rings. The summed E-state index contributed by atoms with van der Waals surface area (Å²) >= 11 is 0. The number of nitrogens with one attached hydrogen (secondary N) is 1. The number of rotatable bonds is 0. The molecule has 2 nitrogen and oxygen atoms in total. The Morgan fingerprint density at radius 3 is 3.25 bits per heavy atom. The highest BCUT2D eigenvalue weighted by Gasteiger charge is 2.21. The Hall–Kier alpha value is -1.49. The van der Waals surface area contributed by atoms with Gasteiger partial charge < -0.3 is 5.32 Å². The van der Waals surface area contributed by atoms with Crippen LogP contribution >= 0.6 is 0 Å². The minimum atomic E-state index is 0.420. The molecule has 2 heteroatoms. The van der Waals surface area contributed by atoms with E-state index in [1.807, 2.05) is 6.08 Å². The summed E-state index contributed by atoms with van der Waals surface area (Å²) in [6, 6.07) is 2.12. The van der Waals surface area contributed by atoms with E-state index in [-0.39, 0.29) is 0 Å². The molecule has 0 radical (unpaired) electrons. The monoisotopic (exact) mass is 158 g/mol. The average Bonchev–Trinajstić information content (AvgIpc) is 2.46. The molecule has 1 unspecified atom stereocenters. The maximum absolute atomic E-state index is 8.65. The van der Waals surface area contributed by atoms with Crippen LogP contribution in [-0.2, 0) is 0 Å². The Balaban J connectivity index is 2.27. The van der Waals surface area contributed by atoms with Gasteiger partial charge >= 0.3 is 0 Å². The number of fused-ring (bicyclic) bond motifs is 1. The van der Waals surface area contributed by atoms with Gasteiger partial charge in [-0.05, 0) is 25.5 Å². The molecule has 0 saturated heterocycles. The minimum Gasteiger partial charge on any atom is -0.350 e. The van der Waals surface area contributed by atoms with Gasteiger partial charge in [0.1, 0.15) is 11.8 Å². The molecule has 12 heavy (non-hydrogen) atoms. The fraction of sp³-hybridized carbons (Fsp3) is 0.300. The number of nitrogens with zero attached hydrogens (tertiary/aromatic N) is 1. The van der Waals surface area contributed by atoms with Crippen LogP contribution in [0.4, 0.5) is 0 Å². The molecule has 1 aliphatic carbocycles. The van der Waals surface area contributed by atoms with Gasteiger partial charge in [-0.1, -0.05) is 11.6 Å². The molecule has 60 valence electrons. The number of allylic oxidation sites excluding steroid dienone is 5. The summed E-state index contributed by atoms with van der Waals surface area (Å²) in [6.07, 6.45) is 7.33. The first-order valence-electron chi connectivity index (χ1n) is 4.07. The van der Waals surface area contributed by atoms with E-state index in [0.29, 0.717) is 11.6 Å². The Bertz CT molecular complexity index is 339. The van der Waals surface area contributed by atoms with E-state index < -0.39 is 0 Å². The minimum absolute atomic E-state index is 0.420. The SMILES string of the molecule is CC1=CCC2C=C(C#N)NC2=C1. The van der Waals surface area contributed by atoms with Crippen molar-refractivity contribution in [2.24, 2.45) is 5.92 Å². The largest absolute Gasteiger partial charge is 0.350 e. The first-order valence-corrected chi connectivity index (χ1v) is 4.07. The molecular formula is C10H10N2. The normalized spacial score (nSPS) is 26.0. The highest BCUT2D eigenvalue weighted by Crippen LogP contribution is 2.28. The van der Waals surface area contributed by atoms with Crippen LogP contribution in [0.5, 0.6) is 0 Å². The zero-order valence-corrected chi connectivity index (χ0v) is 6.96. The van der Waals surface area contributed by atoms with Gasteiger partial charge in [0, 0.05) is 11.6 Å². The quantitative estimate of drug-likeness (QED) is 0.584. The predicted molar refractivity (Wildman–Crippen MR) is 46.8 cm³/mol. The lowest BCUT2D eigenvalue weighted by atomic mass is 9.95. The van der Waals surface area contributed by atoms with Crippen LogP contribution < -0.4 is 5.32 Å². The zero-order chi connectivity index (χ0) is 8.55. The third-order valence-electron chi connectivity index (χ3n) is 2.24. The lowest BCUT2D eigenvalue weighted by Gasteiger charge is -2.13. The standard InChI is InChI=1S/C10H10N2/c1-7-2-3-8-5-9(6-11)12-10(8)4-7/h2,4-5,8,12H,3H2,1H3. The predicted octanol–water partition coefficient (Wildman–Crippen LogP) is 1.85. The number of hydrogen-bond acceptors (Lipinski definition) is 2. The molecule has 2 rings (SSSR count). The van der Waals surface area contributed by atoms with Crippen molar-refractivity contribution in [3.63, 3.8) is 0 Å². The van der Waals surface area contributed by atoms with Gasteiger partial charge in [0.25, 0.3) is 0 Å². The van der Waals surface area contributed by atoms with Crippen LogP contribution in [0.1, 0.15) is 13.3 Å². The van der Waals surface area contributed by atoms with Crippen LogP contribution in [-0.4, -0.2) is 0 Å². The lowest BCUT2D eigenvalue weighted by molar-refractivity contribution is 0.747. The molecule has 0 amide bonds. The van der Waals surface area contributed by atoms with Crippen molar-refractivity contribution in [1.29, 1.82) is 5.26 Å². The molecule has 0 bridgehead atoms. The highest BCUT2D eigenvalue weighted by atomic mass is 14.9. The van der Waals surface area contributed by atoms with Crippen molar-refractivity contribution in [1.82, 2.24) is 5.32 Å². The van der Waals surface area contributed by atoms with Crippen LogP contribution in [0.15, 0.2) is 35.2 Å². The lowest BCUT2D eigenvalue weighted by Crippen LogP contribution is -2.11. The fourth-order valence-electron chi connectivity index (χ4n) is 1.60. The van der Waals surface area contributed by atoms with Crippen molar-refractivity contribution in [3.8, 4) is 6.07 Å². The van der Waals surface area contributed by atoms with E-state index in [1.54, 1.807) is 0 Å². The Labute approximate surface area is 71.9 Å². The summed E-state index contributed by atoms with van der Waals surface area (Å²) in [5.41, 5.74) is 3.14. The van der Waals surface area contributed by atoms with E-state index in [9.17, 15) is 0 Å². The van der Waals surface area contributed by atoms with Crippen LogP contribution in [0, 0.1) is 17.2 Å². The summed E-state index contributed by atoms with van der Waals surface area (Å²) in [5.74, 6) is 0.420. The maximum atomic E-state index is 8.65. The van der Waals surface area contributed by atoms with Gasteiger partial charge in [0.15, 0.2) is 0 Å². The molecule has 0 aromatic heterocycles. The summed E-state index contributed by atoms with van der Waals surface area (Å²) in [4.78, 5) is 0. The van der Waals surface area contributed by atoms with Gasteiger partial charge in [-0.3, -0.25) is 0 Å². The topological polar surface area (TPSA) is 35.8 Å². The van der Waals surface area contributed by atoms with Crippen molar-refractivity contribution in [2.45, 2.75) is 13.3 Å². The van der Waals surface area contributed by atoms with Gasteiger partial charge in [-0.2, -0.15) is 5.26 Å². The molecule has 1 aliphatic heterocycles. The average molecular weight is 158 g/mol. The second kappa shape index (κ2) is 2.53.